The molecule has 1 saturated carbocycles. The summed E-state index contributed by atoms with van der Waals surface area (Å²) in [6.07, 6.45) is 11.1. The van der Waals surface area contributed by atoms with E-state index < -0.39 is 0 Å². The summed E-state index contributed by atoms with van der Waals surface area (Å²) in [4.78, 5) is 1.51. The maximum Gasteiger partial charge on any atom is 0.0934 e. The number of halogens is 1. The van der Waals surface area contributed by atoms with Crippen molar-refractivity contribution >= 4 is 22.9 Å². The number of nitrogens with one attached hydrogen (secondary N) is 1. The summed E-state index contributed by atoms with van der Waals surface area (Å²) in [5.41, 5.74) is 1.48. The predicted molar refractivity (Wildman–Crippen MR) is 79.6 cm³/mol. The minimum absolute atomic E-state index is 0.576. The van der Waals surface area contributed by atoms with E-state index in [4.69, 9.17) is 11.6 Å². The monoisotopic (exact) mass is 283 g/mol. The van der Waals surface area contributed by atoms with Crippen molar-refractivity contribution in [2.75, 3.05) is 6.54 Å². The van der Waals surface area contributed by atoms with E-state index in [2.05, 4.69) is 11.4 Å². The van der Waals surface area contributed by atoms with Crippen LogP contribution in [0.5, 0.6) is 0 Å². The second-order valence-corrected chi connectivity index (χ2v) is 7.54. The number of hydrogen-bond acceptors (Lipinski definition) is 2. The zero-order valence-electron chi connectivity index (χ0n) is 10.9. The molecule has 1 aromatic heterocycles. The zero-order chi connectivity index (χ0) is 12.4. The van der Waals surface area contributed by atoms with Crippen molar-refractivity contribution < 1.29 is 0 Å². The summed E-state index contributed by atoms with van der Waals surface area (Å²) in [7, 11) is 0. The third kappa shape index (κ3) is 2.92. The lowest BCUT2D eigenvalue weighted by Crippen LogP contribution is -2.20. The summed E-state index contributed by atoms with van der Waals surface area (Å²) in [6, 6.07) is 2.75. The maximum atomic E-state index is 6.08. The Morgan fingerprint density at radius 1 is 1.28 bits per heavy atom. The zero-order valence-corrected chi connectivity index (χ0v) is 12.5. The van der Waals surface area contributed by atoms with E-state index in [0.717, 1.165) is 10.3 Å². The lowest BCUT2D eigenvalue weighted by atomic mass is 10.0. The van der Waals surface area contributed by atoms with Gasteiger partial charge in [0, 0.05) is 10.9 Å². The molecule has 1 aromatic rings. The summed E-state index contributed by atoms with van der Waals surface area (Å²) in [5, 5.41) is 3.72. The van der Waals surface area contributed by atoms with Gasteiger partial charge in [-0.05, 0) is 49.8 Å². The van der Waals surface area contributed by atoms with Crippen LogP contribution in [0.2, 0.25) is 4.34 Å². The highest BCUT2D eigenvalue weighted by Crippen LogP contribution is 2.39. The van der Waals surface area contributed by atoms with Crippen molar-refractivity contribution in [3.05, 3.63) is 20.8 Å². The average Bonchev–Trinajstić information content (AvgIpc) is 3.02. The largest absolute Gasteiger partial charge is 0.310 e. The third-order valence-corrected chi connectivity index (χ3v) is 5.84. The first-order chi connectivity index (χ1) is 8.83. The molecule has 3 rings (SSSR count). The van der Waals surface area contributed by atoms with E-state index in [-0.39, 0.29) is 0 Å². The Morgan fingerprint density at radius 2 is 2.11 bits per heavy atom. The maximum absolute atomic E-state index is 6.08. The Morgan fingerprint density at radius 3 is 2.94 bits per heavy atom. The van der Waals surface area contributed by atoms with Gasteiger partial charge in [0.25, 0.3) is 0 Å². The molecular weight excluding hydrogens is 262 g/mol. The molecular formula is C15H22ClNS. The van der Waals surface area contributed by atoms with E-state index in [1.54, 1.807) is 11.3 Å². The molecule has 0 saturated heterocycles. The number of hydrogen-bond donors (Lipinski definition) is 1. The van der Waals surface area contributed by atoms with Crippen LogP contribution in [-0.4, -0.2) is 6.54 Å². The lowest BCUT2D eigenvalue weighted by molar-refractivity contribution is 0.447. The van der Waals surface area contributed by atoms with Crippen LogP contribution in [0.25, 0.3) is 0 Å². The number of rotatable bonds is 5. The van der Waals surface area contributed by atoms with Crippen LogP contribution in [0, 0.1) is 5.92 Å². The smallest absolute Gasteiger partial charge is 0.0934 e. The van der Waals surface area contributed by atoms with Crippen LogP contribution < -0.4 is 5.32 Å². The minimum atomic E-state index is 0.576. The van der Waals surface area contributed by atoms with Gasteiger partial charge in [-0.15, -0.1) is 11.3 Å². The molecule has 0 radical (unpaired) electrons. The van der Waals surface area contributed by atoms with Gasteiger partial charge in [-0.3, -0.25) is 0 Å². The van der Waals surface area contributed by atoms with Crippen molar-refractivity contribution in [2.24, 2.45) is 5.92 Å². The summed E-state index contributed by atoms with van der Waals surface area (Å²) in [6.45, 7) is 1.17. The van der Waals surface area contributed by atoms with Crippen LogP contribution in [0.4, 0.5) is 0 Å². The van der Waals surface area contributed by atoms with Crippen molar-refractivity contribution in [1.82, 2.24) is 5.32 Å². The van der Waals surface area contributed by atoms with Crippen molar-refractivity contribution in [3.8, 4) is 0 Å². The minimum Gasteiger partial charge on any atom is -0.310 e. The predicted octanol–water partition coefficient (Wildman–Crippen LogP) is 4.95. The Bertz CT molecular complexity index is 395. The third-order valence-electron chi connectivity index (χ3n) is 4.50. The first-order valence-corrected chi connectivity index (χ1v) is 8.54. The molecule has 1 N–H and O–H groups in total. The van der Waals surface area contributed by atoms with Crippen LogP contribution >= 0.6 is 22.9 Å². The van der Waals surface area contributed by atoms with Crippen LogP contribution in [0.15, 0.2) is 6.07 Å². The highest BCUT2D eigenvalue weighted by Gasteiger charge is 2.24. The van der Waals surface area contributed by atoms with Crippen molar-refractivity contribution in [3.63, 3.8) is 0 Å². The normalized spacial score (nSPS) is 23.7. The van der Waals surface area contributed by atoms with Gasteiger partial charge in [0.15, 0.2) is 0 Å². The Labute approximate surface area is 119 Å². The highest BCUT2D eigenvalue weighted by atomic mass is 35.5. The quantitative estimate of drug-likeness (QED) is 0.754. The van der Waals surface area contributed by atoms with Gasteiger partial charge < -0.3 is 5.32 Å². The van der Waals surface area contributed by atoms with E-state index in [1.165, 1.54) is 68.4 Å². The Hall–Kier alpha value is -0.0500. The van der Waals surface area contributed by atoms with Crippen molar-refractivity contribution in [2.45, 2.75) is 57.4 Å². The van der Waals surface area contributed by atoms with Gasteiger partial charge in [-0.1, -0.05) is 37.3 Å². The van der Waals surface area contributed by atoms with Gasteiger partial charge in [0.1, 0.15) is 0 Å². The molecule has 3 heteroatoms. The molecule has 0 spiro atoms. The van der Waals surface area contributed by atoms with Crippen LogP contribution in [0.1, 0.15) is 61.4 Å². The Balaban J connectivity index is 1.41. The van der Waals surface area contributed by atoms with E-state index >= 15 is 0 Å². The molecule has 1 nitrogen and oxygen atoms in total. The first-order valence-electron chi connectivity index (χ1n) is 7.34. The van der Waals surface area contributed by atoms with E-state index in [9.17, 15) is 0 Å². The van der Waals surface area contributed by atoms with Gasteiger partial charge in [-0.25, -0.2) is 0 Å². The van der Waals surface area contributed by atoms with Gasteiger partial charge in [0.2, 0.25) is 0 Å². The van der Waals surface area contributed by atoms with Crippen LogP contribution in [0.3, 0.4) is 0 Å². The Kier molecular flexibility index (Phi) is 4.27. The topological polar surface area (TPSA) is 12.0 Å². The molecule has 2 aliphatic rings. The van der Waals surface area contributed by atoms with Gasteiger partial charge in [0.05, 0.1) is 4.34 Å². The molecule has 0 aliphatic heterocycles. The first kappa shape index (κ1) is 13.0. The molecule has 1 heterocycles. The van der Waals surface area contributed by atoms with Crippen LogP contribution in [-0.2, 0) is 6.42 Å². The fourth-order valence-electron chi connectivity index (χ4n) is 3.51. The molecule has 1 atom stereocenters. The van der Waals surface area contributed by atoms with E-state index in [0.29, 0.717) is 6.04 Å². The molecule has 2 aliphatic carbocycles. The molecule has 100 valence electrons. The number of aryl methyl sites for hydroxylation is 1. The standard InChI is InChI=1S/C15H22ClNS/c16-15-10-12-13(7-8-14(12)18-15)17-9-3-6-11-4-1-2-5-11/h10-11,13,17H,1-9H2. The molecule has 0 amide bonds. The number of thiophene rings is 1. The second-order valence-electron chi connectivity index (χ2n) is 5.77. The van der Waals surface area contributed by atoms with E-state index in [1.807, 2.05) is 0 Å². The molecule has 1 fully saturated rings. The molecule has 1 unspecified atom stereocenters. The molecule has 18 heavy (non-hydrogen) atoms. The van der Waals surface area contributed by atoms with Crippen molar-refractivity contribution in [1.29, 1.82) is 0 Å². The fourth-order valence-corrected chi connectivity index (χ4v) is 4.87. The molecule has 0 bridgehead atoms. The highest BCUT2D eigenvalue weighted by molar-refractivity contribution is 7.16. The average molecular weight is 284 g/mol. The van der Waals surface area contributed by atoms with Gasteiger partial charge in [-0.2, -0.15) is 0 Å². The van der Waals surface area contributed by atoms with Gasteiger partial charge >= 0.3 is 0 Å². The SMILES string of the molecule is Clc1cc2c(s1)CCC2NCCCC1CCCC1. The summed E-state index contributed by atoms with van der Waals surface area (Å²) in [5.74, 6) is 1.03. The fraction of sp³-hybridized carbons (Fsp3) is 0.733. The lowest BCUT2D eigenvalue weighted by Gasteiger charge is -2.14. The summed E-state index contributed by atoms with van der Waals surface area (Å²) >= 11 is 7.85. The summed E-state index contributed by atoms with van der Waals surface area (Å²) < 4.78 is 0.956. The number of fused-ring (bicyclic) bond motifs is 1. The molecule has 0 aromatic carbocycles. The second kappa shape index (κ2) is 5.94.